The van der Waals surface area contributed by atoms with Crippen LogP contribution in [0, 0.1) is 5.41 Å². The fourth-order valence-corrected chi connectivity index (χ4v) is 3.49. The Kier molecular flexibility index (Phi) is 4.30. The predicted octanol–water partition coefficient (Wildman–Crippen LogP) is 2.88. The van der Waals surface area contributed by atoms with E-state index in [0.717, 1.165) is 29.8 Å². The predicted molar refractivity (Wildman–Crippen MR) is 90.5 cm³/mol. The number of amides is 1. The van der Waals surface area contributed by atoms with Gasteiger partial charge in [0.25, 0.3) is 0 Å². The zero-order valence-corrected chi connectivity index (χ0v) is 14.1. The number of nitrogens with one attached hydrogen (secondary N) is 1. The van der Waals surface area contributed by atoms with E-state index in [1.165, 1.54) is 0 Å². The summed E-state index contributed by atoms with van der Waals surface area (Å²) in [5, 5.41) is 12.3. The van der Waals surface area contributed by atoms with E-state index in [-0.39, 0.29) is 18.4 Å². The molecule has 6 heteroatoms. The number of aryl methyl sites for hydroxylation is 1. The first-order chi connectivity index (χ1) is 11.5. The molecule has 0 saturated heterocycles. The van der Waals surface area contributed by atoms with Crippen LogP contribution in [0.4, 0.5) is 0 Å². The molecule has 3 rings (SSSR count). The zero-order chi connectivity index (χ0) is 17.3. The summed E-state index contributed by atoms with van der Waals surface area (Å²) in [6.07, 6.45) is 2.08. The van der Waals surface area contributed by atoms with Crippen molar-refractivity contribution in [3.8, 4) is 0 Å². The Hall–Kier alpha value is -2.37. The molecule has 0 spiro atoms. The molecule has 1 aromatic heterocycles. The number of hydrogen-bond donors (Lipinski definition) is 2. The Labute approximate surface area is 140 Å². The van der Waals surface area contributed by atoms with E-state index in [0.29, 0.717) is 12.8 Å². The smallest absolute Gasteiger partial charge is 0.310 e. The molecule has 6 nitrogen and oxygen atoms in total. The van der Waals surface area contributed by atoms with Gasteiger partial charge in [0.05, 0.1) is 22.5 Å². The van der Waals surface area contributed by atoms with Gasteiger partial charge in [-0.15, -0.1) is 0 Å². The van der Waals surface area contributed by atoms with Crippen molar-refractivity contribution in [1.29, 1.82) is 0 Å². The SMILES string of the molecule is CCn1c(C(C)NC(=O)CC2(C(=O)O)CCC2)nc2ccccc21. The summed E-state index contributed by atoms with van der Waals surface area (Å²) in [4.78, 5) is 28.4. The number of carbonyl (C=O) groups excluding carboxylic acids is 1. The van der Waals surface area contributed by atoms with Crippen molar-refractivity contribution in [2.75, 3.05) is 0 Å². The number of para-hydroxylation sites is 2. The highest BCUT2D eigenvalue weighted by Gasteiger charge is 2.46. The molecule has 0 bridgehead atoms. The lowest BCUT2D eigenvalue weighted by molar-refractivity contribution is -0.157. The second kappa shape index (κ2) is 6.26. The Balaban J connectivity index is 1.76. The molecule has 1 atom stereocenters. The molecule has 128 valence electrons. The lowest BCUT2D eigenvalue weighted by atomic mass is 9.66. The van der Waals surface area contributed by atoms with Gasteiger partial charge in [-0.2, -0.15) is 0 Å². The number of carboxylic acids is 1. The van der Waals surface area contributed by atoms with E-state index in [9.17, 15) is 14.7 Å². The minimum absolute atomic E-state index is 0.0407. The molecular formula is C18H23N3O3. The fourth-order valence-electron chi connectivity index (χ4n) is 3.49. The van der Waals surface area contributed by atoms with Crippen molar-refractivity contribution in [2.45, 2.75) is 52.1 Å². The minimum Gasteiger partial charge on any atom is -0.481 e. The first kappa shape index (κ1) is 16.5. The number of fused-ring (bicyclic) bond motifs is 1. The lowest BCUT2D eigenvalue weighted by Gasteiger charge is -2.37. The van der Waals surface area contributed by atoms with E-state index in [1.54, 1.807) is 0 Å². The second-order valence-electron chi connectivity index (χ2n) is 6.61. The third-order valence-electron chi connectivity index (χ3n) is 5.03. The van der Waals surface area contributed by atoms with Crippen molar-refractivity contribution < 1.29 is 14.7 Å². The molecule has 0 aliphatic heterocycles. The van der Waals surface area contributed by atoms with Gasteiger partial charge in [-0.3, -0.25) is 9.59 Å². The number of rotatable bonds is 6. The number of imidazole rings is 1. The van der Waals surface area contributed by atoms with E-state index in [1.807, 2.05) is 38.1 Å². The second-order valence-corrected chi connectivity index (χ2v) is 6.61. The number of nitrogens with zero attached hydrogens (tertiary/aromatic N) is 2. The van der Waals surface area contributed by atoms with Gasteiger partial charge in [0.1, 0.15) is 5.82 Å². The zero-order valence-electron chi connectivity index (χ0n) is 14.1. The number of benzene rings is 1. The van der Waals surface area contributed by atoms with Crippen molar-refractivity contribution >= 4 is 22.9 Å². The van der Waals surface area contributed by atoms with Crippen LogP contribution >= 0.6 is 0 Å². The summed E-state index contributed by atoms with van der Waals surface area (Å²) in [5.41, 5.74) is 1.07. The van der Waals surface area contributed by atoms with Gasteiger partial charge >= 0.3 is 5.97 Å². The summed E-state index contributed by atoms with van der Waals surface area (Å²) in [6.45, 7) is 4.69. The molecule has 1 aromatic carbocycles. The molecular weight excluding hydrogens is 306 g/mol. The first-order valence-electron chi connectivity index (χ1n) is 8.45. The van der Waals surface area contributed by atoms with Crippen LogP contribution in [0.1, 0.15) is 51.4 Å². The summed E-state index contributed by atoms with van der Waals surface area (Å²) in [7, 11) is 0. The summed E-state index contributed by atoms with van der Waals surface area (Å²) in [6, 6.07) is 7.60. The molecule has 1 saturated carbocycles. The standard InChI is InChI=1S/C18H23N3O3/c1-3-21-14-8-5-4-7-13(14)20-16(21)12(2)19-15(22)11-18(17(23)24)9-6-10-18/h4-5,7-8,12H,3,6,9-11H2,1-2H3,(H,19,22)(H,23,24). The molecule has 1 aliphatic carbocycles. The van der Waals surface area contributed by atoms with E-state index in [4.69, 9.17) is 0 Å². The van der Waals surface area contributed by atoms with Crippen LogP contribution in [-0.4, -0.2) is 26.5 Å². The number of aliphatic carboxylic acids is 1. The highest BCUT2D eigenvalue weighted by Crippen LogP contribution is 2.44. The van der Waals surface area contributed by atoms with E-state index in [2.05, 4.69) is 14.9 Å². The summed E-state index contributed by atoms with van der Waals surface area (Å²) < 4.78 is 2.08. The van der Waals surface area contributed by atoms with Gasteiger partial charge in [-0.1, -0.05) is 18.6 Å². The largest absolute Gasteiger partial charge is 0.481 e. The molecule has 2 N–H and O–H groups in total. The first-order valence-corrected chi connectivity index (χ1v) is 8.45. The van der Waals surface area contributed by atoms with Crippen LogP contribution in [0.2, 0.25) is 0 Å². The molecule has 24 heavy (non-hydrogen) atoms. The molecule has 1 aliphatic rings. The monoisotopic (exact) mass is 329 g/mol. The number of hydrogen-bond acceptors (Lipinski definition) is 3. The van der Waals surface area contributed by atoms with Gasteiger partial charge in [-0.05, 0) is 38.8 Å². The van der Waals surface area contributed by atoms with Crippen LogP contribution in [0.15, 0.2) is 24.3 Å². The van der Waals surface area contributed by atoms with Crippen molar-refractivity contribution in [3.05, 3.63) is 30.1 Å². The van der Waals surface area contributed by atoms with Gasteiger partial charge in [0.2, 0.25) is 5.91 Å². The molecule has 1 heterocycles. The molecule has 1 unspecified atom stereocenters. The van der Waals surface area contributed by atoms with Gasteiger partial charge in [0, 0.05) is 13.0 Å². The topological polar surface area (TPSA) is 84.2 Å². The Bertz CT molecular complexity index is 777. The average Bonchev–Trinajstić information content (AvgIpc) is 2.89. The molecule has 2 aromatic rings. The third kappa shape index (κ3) is 2.77. The molecule has 0 radical (unpaired) electrons. The Morgan fingerprint density at radius 3 is 2.67 bits per heavy atom. The lowest BCUT2D eigenvalue weighted by Crippen LogP contribution is -2.43. The summed E-state index contributed by atoms with van der Waals surface area (Å²) >= 11 is 0. The number of carbonyl (C=O) groups is 2. The maximum absolute atomic E-state index is 12.3. The van der Waals surface area contributed by atoms with Crippen LogP contribution in [0.5, 0.6) is 0 Å². The van der Waals surface area contributed by atoms with Gasteiger partial charge < -0.3 is 15.0 Å². The van der Waals surface area contributed by atoms with E-state index >= 15 is 0 Å². The molecule has 1 amide bonds. The third-order valence-corrected chi connectivity index (χ3v) is 5.03. The van der Waals surface area contributed by atoms with Crippen molar-refractivity contribution in [2.24, 2.45) is 5.41 Å². The van der Waals surface area contributed by atoms with Crippen LogP contribution in [0.3, 0.4) is 0 Å². The van der Waals surface area contributed by atoms with Gasteiger partial charge in [-0.25, -0.2) is 4.98 Å². The average molecular weight is 329 g/mol. The number of aromatic nitrogens is 2. The summed E-state index contributed by atoms with van der Waals surface area (Å²) in [5.74, 6) is -0.290. The number of carboxylic acid groups (broad SMARTS) is 1. The van der Waals surface area contributed by atoms with Crippen molar-refractivity contribution in [3.63, 3.8) is 0 Å². The Morgan fingerprint density at radius 1 is 1.38 bits per heavy atom. The van der Waals surface area contributed by atoms with Crippen LogP contribution in [-0.2, 0) is 16.1 Å². The fraction of sp³-hybridized carbons (Fsp3) is 0.500. The maximum atomic E-state index is 12.3. The normalized spacial score (nSPS) is 17.2. The maximum Gasteiger partial charge on any atom is 0.310 e. The van der Waals surface area contributed by atoms with Crippen LogP contribution < -0.4 is 5.32 Å². The highest BCUT2D eigenvalue weighted by molar-refractivity contribution is 5.86. The van der Waals surface area contributed by atoms with E-state index < -0.39 is 11.4 Å². The molecule has 1 fully saturated rings. The quantitative estimate of drug-likeness (QED) is 0.853. The van der Waals surface area contributed by atoms with Gasteiger partial charge in [0.15, 0.2) is 0 Å². The van der Waals surface area contributed by atoms with Crippen LogP contribution in [0.25, 0.3) is 11.0 Å². The van der Waals surface area contributed by atoms with Crippen molar-refractivity contribution in [1.82, 2.24) is 14.9 Å². The Morgan fingerprint density at radius 2 is 2.08 bits per heavy atom. The minimum atomic E-state index is -0.866. The highest BCUT2D eigenvalue weighted by atomic mass is 16.4.